The highest BCUT2D eigenvalue weighted by molar-refractivity contribution is 5.75. The van der Waals surface area contributed by atoms with Crippen molar-refractivity contribution in [3.63, 3.8) is 0 Å². The van der Waals surface area contributed by atoms with E-state index < -0.39 is 30.6 Å². The Hall–Kier alpha value is -0.690. The number of rotatable bonds is 1. The van der Waals surface area contributed by atoms with Gasteiger partial charge >= 0.3 is 5.97 Å². The van der Waals surface area contributed by atoms with E-state index in [0.717, 1.165) is 7.11 Å². The average Bonchev–Trinajstić information content (AvgIpc) is 2.10. The molecular weight excluding hydrogens is 180 g/mol. The van der Waals surface area contributed by atoms with Crippen LogP contribution >= 0.6 is 0 Å². The Morgan fingerprint density at radius 3 is 2.62 bits per heavy atom. The fourth-order valence-corrected chi connectivity index (χ4v) is 1.16. The second kappa shape index (κ2) is 4.01. The molecule has 0 aromatic rings. The van der Waals surface area contributed by atoms with E-state index in [2.05, 4.69) is 4.74 Å². The van der Waals surface area contributed by atoms with Crippen molar-refractivity contribution < 1.29 is 29.6 Å². The molecule has 1 aliphatic heterocycles. The highest BCUT2D eigenvalue weighted by Crippen LogP contribution is 2.19. The maximum Gasteiger partial charge on any atom is 0.337 e. The second-order valence-corrected chi connectivity index (χ2v) is 2.83. The highest BCUT2D eigenvalue weighted by atomic mass is 16.6. The van der Waals surface area contributed by atoms with Crippen LogP contribution in [0.15, 0.2) is 0 Å². The molecule has 1 rings (SSSR count). The molecule has 6 nitrogen and oxygen atoms in total. The number of hydrogen-bond donors (Lipinski definition) is 3. The summed E-state index contributed by atoms with van der Waals surface area (Å²) >= 11 is 0. The van der Waals surface area contributed by atoms with E-state index in [1.165, 1.54) is 0 Å². The molecule has 0 aromatic carbocycles. The van der Waals surface area contributed by atoms with Crippen LogP contribution < -0.4 is 0 Å². The molecule has 0 spiro atoms. The van der Waals surface area contributed by atoms with Crippen molar-refractivity contribution in [2.24, 2.45) is 0 Å². The molecule has 1 saturated heterocycles. The van der Waals surface area contributed by atoms with Gasteiger partial charge in [0, 0.05) is 6.42 Å². The van der Waals surface area contributed by atoms with Gasteiger partial charge in [-0.1, -0.05) is 0 Å². The van der Waals surface area contributed by atoms with Gasteiger partial charge in [-0.25, -0.2) is 4.79 Å². The van der Waals surface area contributed by atoms with Crippen LogP contribution in [0.1, 0.15) is 6.42 Å². The molecule has 1 heterocycles. The number of carbonyl (C=O) groups excluding carboxylic acids is 1. The molecule has 0 aromatic heterocycles. The quantitative estimate of drug-likeness (QED) is 0.415. The molecule has 6 heteroatoms. The van der Waals surface area contributed by atoms with Crippen molar-refractivity contribution in [3.05, 3.63) is 0 Å². The maximum absolute atomic E-state index is 10.9. The first-order valence-electron chi connectivity index (χ1n) is 3.83. The summed E-state index contributed by atoms with van der Waals surface area (Å²) in [5, 5.41) is 27.4. The topological polar surface area (TPSA) is 96.2 Å². The van der Waals surface area contributed by atoms with E-state index in [9.17, 15) is 9.90 Å². The Labute approximate surface area is 74.7 Å². The Kier molecular flexibility index (Phi) is 3.21. The van der Waals surface area contributed by atoms with Gasteiger partial charge in [-0.2, -0.15) is 0 Å². The minimum absolute atomic E-state index is 0.116. The van der Waals surface area contributed by atoms with Gasteiger partial charge in [0.25, 0.3) is 0 Å². The van der Waals surface area contributed by atoms with E-state index in [1.807, 2.05) is 0 Å². The molecule has 0 amide bonds. The summed E-state index contributed by atoms with van der Waals surface area (Å²) < 4.78 is 9.00. The van der Waals surface area contributed by atoms with Crippen LogP contribution in [-0.2, 0) is 14.3 Å². The zero-order valence-electron chi connectivity index (χ0n) is 7.08. The third-order valence-corrected chi connectivity index (χ3v) is 1.88. The Morgan fingerprint density at radius 2 is 2.08 bits per heavy atom. The first kappa shape index (κ1) is 10.4. The van der Waals surface area contributed by atoms with Gasteiger partial charge in [-0.15, -0.1) is 0 Å². The van der Waals surface area contributed by atoms with Crippen molar-refractivity contribution in [3.8, 4) is 0 Å². The van der Waals surface area contributed by atoms with Crippen molar-refractivity contribution in [1.29, 1.82) is 0 Å². The molecule has 1 aliphatic rings. The molecule has 0 radical (unpaired) electrons. The number of hydrogen-bond acceptors (Lipinski definition) is 6. The summed E-state index contributed by atoms with van der Waals surface area (Å²) in [5.74, 6) is -0.815. The maximum atomic E-state index is 10.9. The van der Waals surface area contributed by atoms with Crippen molar-refractivity contribution in [1.82, 2.24) is 0 Å². The van der Waals surface area contributed by atoms with Crippen LogP contribution in [0.5, 0.6) is 0 Å². The van der Waals surface area contributed by atoms with Crippen molar-refractivity contribution in [2.75, 3.05) is 7.11 Å². The lowest BCUT2D eigenvalue weighted by atomic mass is 10.0. The number of methoxy groups -OCH3 is 1. The van der Waals surface area contributed by atoms with Crippen molar-refractivity contribution in [2.45, 2.75) is 31.0 Å². The van der Waals surface area contributed by atoms with E-state index in [1.54, 1.807) is 0 Å². The zero-order chi connectivity index (χ0) is 10.0. The lowest BCUT2D eigenvalue weighted by Gasteiger charge is -2.32. The number of aliphatic hydroxyl groups excluding tert-OH is 3. The summed E-state index contributed by atoms with van der Waals surface area (Å²) in [7, 11) is 1.13. The van der Waals surface area contributed by atoms with Crippen molar-refractivity contribution >= 4 is 5.97 Å². The van der Waals surface area contributed by atoms with Gasteiger partial charge in [0.15, 0.2) is 12.4 Å². The molecule has 76 valence electrons. The fourth-order valence-electron chi connectivity index (χ4n) is 1.16. The predicted octanol–water partition coefficient (Wildman–Crippen LogP) is -2.01. The molecule has 3 N–H and O–H groups in total. The van der Waals surface area contributed by atoms with E-state index in [-0.39, 0.29) is 6.42 Å². The Bertz CT molecular complexity index is 193. The summed E-state index contributed by atoms with van der Waals surface area (Å²) in [6.45, 7) is 0. The highest BCUT2D eigenvalue weighted by Gasteiger charge is 2.40. The minimum Gasteiger partial charge on any atom is -0.467 e. The third-order valence-electron chi connectivity index (χ3n) is 1.88. The van der Waals surface area contributed by atoms with Gasteiger partial charge < -0.3 is 24.8 Å². The minimum atomic E-state index is -1.35. The monoisotopic (exact) mass is 192 g/mol. The van der Waals surface area contributed by atoms with Gasteiger partial charge in [0.05, 0.1) is 13.2 Å². The molecule has 0 saturated carbocycles. The summed E-state index contributed by atoms with van der Waals surface area (Å²) in [4.78, 5) is 10.9. The van der Waals surface area contributed by atoms with E-state index in [0.29, 0.717) is 0 Å². The lowest BCUT2D eigenvalue weighted by Crippen LogP contribution is -2.52. The van der Waals surface area contributed by atoms with Crippen LogP contribution in [0.25, 0.3) is 0 Å². The zero-order valence-corrected chi connectivity index (χ0v) is 7.08. The van der Waals surface area contributed by atoms with Crippen LogP contribution in [0.2, 0.25) is 0 Å². The van der Waals surface area contributed by atoms with Crippen LogP contribution in [0.3, 0.4) is 0 Å². The molecule has 13 heavy (non-hydrogen) atoms. The number of carbonyl (C=O) groups is 1. The lowest BCUT2D eigenvalue weighted by molar-refractivity contribution is -0.237. The molecule has 1 fully saturated rings. The second-order valence-electron chi connectivity index (χ2n) is 2.83. The number of esters is 1. The fraction of sp³-hybridized carbons (Fsp3) is 0.857. The Morgan fingerprint density at radius 1 is 1.46 bits per heavy atom. The smallest absolute Gasteiger partial charge is 0.337 e. The molecule has 0 bridgehead atoms. The summed E-state index contributed by atoms with van der Waals surface area (Å²) in [6.07, 6.45) is -5.20. The van der Waals surface area contributed by atoms with Crippen LogP contribution in [0.4, 0.5) is 0 Å². The third kappa shape index (κ3) is 2.16. The van der Waals surface area contributed by atoms with Gasteiger partial charge in [0.1, 0.15) is 6.10 Å². The van der Waals surface area contributed by atoms with Crippen LogP contribution in [-0.4, -0.2) is 53.0 Å². The first-order valence-corrected chi connectivity index (χ1v) is 3.83. The summed E-state index contributed by atoms with van der Waals surface area (Å²) in [5.41, 5.74) is 0. The molecule has 4 atom stereocenters. The normalized spacial score (nSPS) is 40.0. The van der Waals surface area contributed by atoms with Gasteiger partial charge in [-0.3, -0.25) is 0 Å². The Balaban J connectivity index is 2.66. The van der Waals surface area contributed by atoms with Gasteiger partial charge in [-0.05, 0) is 0 Å². The standard InChI is InChI=1S/C7H12O6/c1-12-7(11)6-5(10)3(8)2-4(9)13-6/h3-6,8-10H,2H2,1H3/t3?,4-,5-,6?/m0/s1. The molecule has 0 aliphatic carbocycles. The summed E-state index contributed by atoms with van der Waals surface area (Å²) in [6, 6.07) is 0. The number of ether oxygens (including phenoxy) is 2. The molecule has 2 unspecified atom stereocenters. The van der Waals surface area contributed by atoms with E-state index in [4.69, 9.17) is 14.9 Å². The number of aliphatic hydroxyl groups is 3. The van der Waals surface area contributed by atoms with Crippen LogP contribution in [0, 0.1) is 0 Å². The molecular formula is C7H12O6. The first-order chi connectivity index (χ1) is 6.06. The predicted molar refractivity (Wildman–Crippen MR) is 39.5 cm³/mol. The van der Waals surface area contributed by atoms with Gasteiger partial charge in [0.2, 0.25) is 0 Å². The SMILES string of the molecule is COC(=O)C1O[C@H](O)CC(O)[C@@H]1O. The van der Waals surface area contributed by atoms with E-state index >= 15 is 0 Å². The largest absolute Gasteiger partial charge is 0.467 e. The average molecular weight is 192 g/mol.